The largest absolute Gasteiger partial charge is 0.484 e. The lowest BCUT2D eigenvalue weighted by Gasteiger charge is -2.31. The summed E-state index contributed by atoms with van der Waals surface area (Å²) in [5.41, 5.74) is -0.798. The fourth-order valence-corrected chi connectivity index (χ4v) is 3.32. The Hall–Kier alpha value is -2.07. The quantitative estimate of drug-likeness (QED) is 0.884. The molecule has 7 heteroatoms. The highest BCUT2D eigenvalue weighted by atomic mass is 32.2. The molecule has 1 fully saturated rings. The highest BCUT2D eigenvalue weighted by Crippen LogP contribution is 2.27. The maximum absolute atomic E-state index is 12.0. The van der Waals surface area contributed by atoms with Gasteiger partial charge in [-0.15, -0.1) is 0 Å². The fraction of sp³-hybridized carbons (Fsp3) is 0.500. The van der Waals surface area contributed by atoms with Gasteiger partial charge in [-0.1, -0.05) is 25.3 Å². The first-order chi connectivity index (χ1) is 10.8. The molecule has 0 bridgehead atoms. The third-order valence-electron chi connectivity index (χ3n) is 3.90. The summed E-state index contributed by atoms with van der Waals surface area (Å²) < 4.78 is 28.3. The van der Waals surface area contributed by atoms with Crippen molar-refractivity contribution in [1.82, 2.24) is 5.32 Å². The summed E-state index contributed by atoms with van der Waals surface area (Å²) in [5, 5.41) is 12.1. The second-order valence-electron chi connectivity index (χ2n) is 5.84. The number of ether oxygens (including phenoxy) is 1. The lowest BCUT2D eigenvalue weighted by atomic mass is 9.83. The molecule has 0 spiro atoms. The number of hydrogen-bond donors (Lipinski definition) is 1. The summed E-state index contributed by atoms with van der Waals surface area (Å²) >= 11 is 0. The molecular formula is C16H20N2O4S. The van der Waals surface area contributed by atoms with Crippen LogP contribution < -0.4 is 10.1 Å². The summed E-state index contributed by atoms with van der Waals surface area (Å²) in [4.78, 5) is 12.2. The van der Waals surface area contributed by atoms with Gasteiger partial charge in [0.05, 0.1) is 11.0 Å². The predicted octanol–water partition coefficient (Wildman–Crippen LogP) is 1.81. The minimum absolute atomic E-state index is 0.135. The predicted molar refractivity (Wildman–Crippen MR) is 84.6 cm³/mol. The molecule has 23 heavy (non-hydrogen) atoms. The zero-order valence-corrected chi connectivity index (χ0v) is 13.9. The standard InChI is InChI=1S/C16H20N2O4S/c1-23(20,21)14-7-5-6-13(10-14)22-11-15(19)18-16(12-17)8-3-2-4-9-16/h5-7,10H,2-4,8-9,11H2,1H3,(H,18,19). The van der Waals surface area contributed by atoms with Gasteiger partial charge in [-0.05, 0) is 31.0 Å². The van der Waals surface area contributed by atoms with Crippen molar-refractivity contribution >= 4 is 15.7 Å². The lowest BCUT2D eigenvalue weighted by Crippen LogP contribution is -2.50. The third kappa shape index (κ3) is 4.70. The van der Waals surface area contributed by atoms with Crippen LogP contribution in [-0.2, 0) is 14.6 Å². The van der Waals surface area contributed by atoms with E-state index in [4.69, 9.17) is 4.74 Å². The number of carbonyl (C=O) groups excluding carboxylic acids is 1. The van der Waals surface area contributed by atoms with Crippen molar-refractivity contribution in [2.24, 2.45) is 0 Å². The van der Waals surface area contributed by atoms with E-state index < -0.39 is 15.4 Å². The van der Waals surface area contributed by atoms with E-state index in [0.717, 1.165) is 25.5 Å². The number of hydrogen-bond acceptors (Lipinski definition) is 5. The second kappa shape index (κ2) is 7.01. The number of carbonyl (C=O) groups is 1. The Balaban J connectivity index is 1.96. The van der Waals surface area contributed by atoms with Crippen LogP contribution >= 0.6 is 0 Å². The molecule has 1 aliphatic rings. The summed E-state index contributed by atoms with van der Waals surface area (Å²) in [7, 11) is -3.32. The van der Waals surface area contributed by atoms with Crippen molar-refractivity contribution < 1.29 is 17.9 Å². The van der Waals surface area contributed by atoms with Gasteiger partial charge in [-0.25, -0.2) is 8.42 Å². The Morgan fingerprint density at radius 3 is 2.65 bits per heavy atom. The van der Waals surface area contributed by atoms with Gasteiger partial charge in [0.2, 0.25) is 0 Å². The topological polar surface area (TPSA) is 96.3 Å². The zero-order chi connectivity index (χ0) is 16.9. The first kappa shape index (κ1) is 17.3. The summed E-state index contributed by atoms with van der Waals surface area (Å²) in [6.45, 7) is -0.253. The van der Waals surface area contributed by atoms with Gasteiger partial charge in [0.15, 0.2) is 16.4 Å². The van der Waals surface area contributed by atoms with Crippen LogP contribution in [-0.4, -0.2) is 32.7 Å². The van der Waals surface area contributed by atoms with Gasteiger partial charge in [0, 0.05) is 6.26 Å². The molecule has 0 heterocycles. The molecule has 0 radical (unpaired) electrons. The van der Waals surface area contributed by atoms with E-state index in [0.29, 0.717) is 18.6 Å². The van der Waals surface area contributed by atoms with Crippen LogP contribution in [0.1, 0.15) is 32.1 Å². The highest BCUT2D eigenvalue weighted by molar-refractivity contribution is 7.90. The fourth-order valence-electron chi connectivity index (χ4n) is 2.67. The maximum Gasteiger partial charge on any atom is 0.259 e. The molecular weight excluding hydrogens is 316 g/mol. The minimum atomic E-state index is -3.32. The van der Waals surface area contributed by atoms with E-state index in [1.807, 2.05) is 0 Å². The van der Waals surface area contributed by atoms with E-state index in [1.54, 1.807) is 12.1 Å². The maximum atomic E-state index is 12.0. The molecule has 0 atom stereocenters. The molecule has 1 aliphatic carbocycles. The molecule has 1 N–H and O–H groups in total. The zero-order valence-electron chi connectivity index (χ0n) is 13.0. The first-order valence-electron chi connectivity index (χ1n) is 7.50. The Bertz CT molecular complexity index is 716. The van der Waals surface area contributed by atoms with Gasteiger partial charge in [0.25, 0.3) is 5.91 Å². The average molecular weight is 336 g/mol. The number of nitrogens with zero attached hydrogens (tertiary/aromatic N) is 1. The van der Waals surface area contributed by atoms with Crippen molar-refractivity contribution in [3.05, 3.63) is 24.3 Å². The van der Waals surface area contributed by atoms with Gasteiger partial charge < -0.3 is 10.1 Å². The number of amides is 1. The SMILES string of the molecule is CS(=O)(=O)c1cccc(OCC(=O)NC2(C#N)CCCCC2)c1. The van der Waals surface area contributed by atoms with Crippen molar-refractivity contribution in [2.45, 2.75) is 42.5 Å². The molecule has 1 aromatic carbocycles. The van der Waals surface area contributed by atoms with Gasteiger partial charge in [-0.3, -0.25) is 4.79 Å². The molecule has 1 amide bonds. The molecule has 0 aliphatic heterocycles. The van der Waals surface area contributed by atoms with Gasteiger partial charge >= 0.3 is 0 Å². The monoisotopic (exact) mass is 336 g/mol. The van der Waals surface area contributed by atoms with Crippen molar-refractivity contribution in [2.75, 3.05) is 12.9 Å². The second-order valence-corrected chi connectivity index (χ2v) is 7.85. The third-order valence-corrected chi connectivity index (χ3v) is 5.01. The number of sulfone groups is 1. The Kier molecular flexibility index (Phi) is 5.26. The minimum Gasteiger partial charge on any atom is -0.484 e. The number of nitrogens with one attached hydrogen (secondary N) is 1. The number of benzene rings is 1. The van der Waals surface area contributed by atoms with Crippen molar-refractivity contribution in [1.29, 1.82) is 5.26 Å². The summed E-state index contributed by atoms with van der Waals surface area (Å²) in [6.07, 6.45) is 5.33. The van der Waals surface area contributed by atoms with Crippen LogP contribution in [0, 0.1) is 11.3 Å². The number of rotatable bonds is 5. The molecule has 0 saturated heterocycles. The van der Waals surface area contributed by atoms with Gasteiger partial charge in [0.1, 0.15) is 11.3 Å². The van der Waals surface area contributed by atoms with E-state index >= 15 is 0 Å². The van der Waals surface area contributed by atoms with Crippen molar-refractivity contribution in [3.8, 4) is 11.8 Å². The molecule has 0 aromatic heterocycles. The average Bonchev–Trinajstić information content (AvgIpc) is 2.53. The van der Waals surface area contributed by atoms with E-state index in [1.165, 1.54) is 12.1 Å². The Labute approximate surface area is 136 Å². The lowest BCUT2D eigenvalue weighted by molar-refractivity contribution is -0.124. The van der Waals surface area contributed by atoms with E-state index in [9.17, 15) is 18.5 Å². The summed E-state index contributed by atoms with van der Waals surface area (Å²) in [5.74, 6) is -0.0732. The van der Waals surface area contributed by atoms with Crippen molar-refractivity contribution in [3.63, 3.8) is 0 Å². The van der Waals surface area contributed by atoms with Crippen LogP contribution in [0.25, 0.3) is 0 Å². The first-order valence-corrected chi connectivity index (χ1v) is 9.39. The molecule has 1 saturated carbocycles. The normalized spacial score (nSPS) is 17.0. The van der Waals surface area contributed by atoms with Crippen LogP contribution in [0.5, 0.6) is 5.75 Å². The van der Waals surface area contributed by atoms with Crippen LogP contribution in [0.2, 0.25) is 0 Å². The van der Waals surface area contributed by atoms with E-state index in [2.05, 4.69) is 11.4 Å². The van der Waals surface area contributed by atoms with Crippen LogP contribution in [0.15, 0.2) is 29.2 Å². The molecule has 124 valence electrons. The van der Waals surface area contributed by atoms with Crippen LogP contribution in [0.4, 0.5) is 0 Å². The summed E-state index contributed by atoms with van der Waals surface area (Å²) in [6, 6.07) is 8.20. The smallest absolute Gasteiger partial charge is 0.259 e. The molecule has 1 aromatic rings. The molecule has 2 rings (SSSR count). The van der Waals surface area contributed by atoms with E-state index in [-0.39, 0.29) is 17.4 Å². The van der Waals surface area contributed by atoms with Gasteiger partial charge in [-0.2, -0.15) is 5.26 Å². The Morgan fingerprint density at radius 1 is 1.35 bits per heavy atom. The van der Waals surface area contributed by atoms with Crippen LogP contribution in [0.3, 0.4) is 0 Å². The number of nitriles is 1. The highest BCUT2D eigenvalue weighted by Gasteiger charge is 2.33. The Morgan fingerprint density at radius 2 is 2.04 bits per heavy atom. The molecule has 6 nitrogen and oxygen atoms in total. The molecule has 0 unspecified atom stereocenters.